The zero-order chi connectivity index (χ0) is 34.5. The molecule has 4 aliphatic carbocycles. The molecule has 1 aliphatic heterocycles. The van der Waals surface area contributed by atoms with Crippen molar-refractivity contribution in [1.82, 2.24) is 0 Å². The van der Waals surface area contributed by atoms with Crippen LogP contribution in [0.5, 0.6) is 0 Å². The predicted molar refractivity (Wildman–Crippen MR) is 193 cm³/mol. The van der Waals surface area contributed by atoms with Gasteiger partial charge in [0.2, 0.25) is 0 Å². The van der Waals surface area contributed by atoms with Gasteiger partial charge >= 0.3 is 0 Å². The van der Waals surface area contributed by atoms with E-state index in [1.807, 2.05) is 6.92 Å². The number of hydrogen-bond donors (Lipinski definition) is 1. The van der Waals surface area contributed by atoms with Gasteiger partial charge in [0.15, 0.2) is 14.6 Å². The maximum Gasteiger partial charge on any atom is 0.192 e. The Hall–Kier alpha value is -0.893. The van der Waals surface area contributed by atoms with Crippen molar-refractivity contribution >= 4 is 8.32 Å². The van der Waals surface area contributed by atoms with E-state index >= 15 is 0 Å². The Morgan fingerprint density at radius 3 is 2.47 bits per heavy atom. The molecule has 5 rings (SSSR count). The van der Waals surface area contributed by atoms with E-state index < -0.39 is 32.9 Å². The molecule has 268 valence electrons. The molecule has 1 N–H and O–H groups in total. The van der Waals surface area contributed by atoms with Crippen LogP contribution < -0.4 is 0 Å². The Morgan fingerprint density at radius 2 is 1.81 bits per heavy atom. The summed E-state index contributed by atoms with van der Waals surface area (Å²) in [6.45, 7) is 25.4. The van der Waals surface area contributed by atoms with Crippen molar-refractivity contribution in [3.8, 4) is 0 Å². The van der Waals surface area contributed by atoms with Gasteiger partial charge in [0, 0.05) is 4.91 Å². The molecule has 4 fully saturated rings. The van der Waals surface area contributed by atoms with E-state index in [9.17, 15) is 10.6 Å². The van der Waals surface area contributed by atoms with Gasteiger partial charge in [-0.1, -0.05) is 91.4 Å². The molecule has 1 saturated heterocycles. The van der Waals surface area contributed by atoms with Gasteiger partial charge in [0.25, 0.3) is 0 Å². The van der Waals surface area contributed by atoms with Crippen LogP contribution in [0.1, 0.15) is 133 Å². The van der Waals surface area contributed by atoms with Crippen LogP contribution in [-0.2, 0) is 13.9 Å². The second-order valence-electron chi connectivity index (χ2n) is 19.0. The summed E-state index contributed by atoms with van der Waals surface area (Å²) < 4.78 is 19.6. The first kappa shape index (κ1) is 37.4. The van der Waals surface area contributed by atoms with E-state index in [-0.39, 0.29) is 22.7 Å². The molecule has 13 atom stereocenters. The Morgan fingerprint density at radius 1 is 1.09 bits per heavy atom. The average molecular weight is 672 g/mol. The number of azide groups is 1. The number of allylic oxidation sites excluding steroid dienone is 1. The van der Waals surface area contributed by atoms with Crippen LogP contribution in [0.25, 0.3) is 10.4 Å². The van der Waals surface area contributed by atoms with E-state index in [0.29, 0.717) is 5.41 Å². The number of aliphatic hydroxyl groups is 1. The first-order valence-corrected chi connectivity index (χ1v) is 22.2. The summed E-state index contributed by atoms with van der Waals surface area (Å²) in [5.41, 5.74) is 11.7. The zero-order valence-corrected chi connectivity index (χ0v) is 32.8. The minimum atomic E-state index is -2.20. The molecule has 5 aliphatic rings. The number of fused-ring (bicyclic) bond motifs is 5. The molecule has 3 saturated carbocycles. The molecule has 0 aromatic carbocycles. The molecule has 0 aromatic heterocycles. The minimum Gasteiger partial charge on any atom is -0.411 e. The first-order chi connectivity index (χ1) is 21.9. The Labute approximate surface area is 288 Å². The zero-order valence-electron chi connectivity index (χ0n) is 31.8. The molecule has 47 heavy (non-hydrogen) atoms. The molecule has 0 aromatic rings. The van der Waals surface area contributed by atoms with Crippen LogP contribution in [0.15, 0.2) is 16.8 Å². The molecule has 1 heterocycles. The van der Waals surface area contributed by atoms with Gasteiger partial charge in [0.05, 0.1) is 24.4 Å². The maximum atomic E-state index is 11.5. The lowest BCUT2D eigenvalue weighted by molar-refractivity contribution is -0.281. The molecule has 0 spiro atoms. The van der Waals surface area contributed by atoms with Crippen molar-refractivity contribution in [2.45, 2.75) is 188 Å². The Bertz CT molecular complexity index is 1180. The highest BCUT2D eigenvalue weighted by molar-refractivity contribution is 6.74. The van der Waals surface area contributed by atoms with Crippen molar-refractivity contribution in [1.29, 1.82) is 0 Å². The number of rotatable bonds is 10. The monoisotopic (exact) mass is 672 g/mol. The normalized spacial score (nSPS) is 43.0. The minimum absolute atomic E-state index is 0.0151. The Balaban J connectivity index is 1.24. The van der Waals surface area contributed by atoms with Crippen LogP contribution >= 0.6 is 0 Å². The van der Waals surface area contributed by atoms with Gasteiger partial charge in [-0.05, 0) is 128 Å². The maximum absolute atomic E-state index is 11.5. The topological polar surface area (TPSA) is 96.7 Å². The van der Waals surface area contributed by atoms with E-state index in [4.69, 9.17) is 13.9 Å². The third-order valence-corrected chi connectivity index (χ3v) is 19.3. The van der Waals surface area contributed by atoms with Crippen molar-refractivity contribution in [3.05, 3.63) is 22.1 Å². The largest absolute Gasteiger partial charge is 0.411 e. The lowest BCUT2D eigenvalue weighted by Gasteiger charge is -2.58. The quantitative estimate of drug-likeness (QED) is 0.0822. The van der Waals surface area contributed by atoms with Crippen LogP contribution in [0.3, 0.4) is 0 Å². The molecule has 0 bridgehead atoms. The summed E-state index contributed by atoms with van der Waals surface area (Å²) in [6.07, 6.45) is 13.7. The van der Waals surface area contributed by atoms with Gasteiger partial charge in [-0.3, -0.25) is 0 Å². The Kier molecular flexibility index (Phi) is 11.1. The first-order valence-electron chi connectivity index (χ1n) is 19.3. The molecule has 0 amide bonds. The number of aliphatic hydroxyl groups excluding tert-OH is 1. The SMILES string of the molecule is CC(C)CCC[C@@H](C)[C@H]1CC[C@H]2[C@@H]3CC=C4C[C@@H](O[C@@H]5O[C@H](C)[C@@H](O[Si](C)(C)C(C)(C)C)[C@H](N=[N+]=[N-])[C@@H]5O)CC[C@]4(C)[C@H]3CC[C@]12C. The summed E-state index contributed by atoms with van der Waals surface area (Å²) in [5.74, 6) is 4.95. The lowest BCUT2D eigenvalue weighted by atomic mass is 9.47. The molecular formula is C39H69N3O4Si. The molecule has 0 radical (unpaired) electrons. The molecule has 0 unspecified atom stereocenters. The molecular weight excluding hydrogens is 603 g/mol. The summed E-state index contributed by atoms with van der Waals surface area (Å²) >= 11 is 0. The smallest absolute Gasteiger partial charge is 0.192 e. The second-order valence-corrected chi connectivity index (χ2v) is 23.8. The van der Waals surface area contributed by atoms with Crippen molar-refractivity contribution < 1.29 is 19.0 Å². The summed E-state index contributed by atoms with van der Waals surface area (Å²) in [4.78, 5) is 3.11. The number of nitrogens with zero attached hydrogens (tertiary/aromatic N) is 3. The highest BCUT2D eigenvalue weighted by Gasteiger charge is 2.59. The molecule has 7 nitrogen and oxygen atoms in total. The standard InChI is InChI=1S/C39H69N3O4Si/c1-24(2)13-12-14-25(3)30-17-18-31-29-16-15-27-23-28(19-21-38(27,8)32(29)20-22-39(30,31)9)45-36-34(43)33(41-42-40)35(26(4)44-36)46-47(10,11)37(5,6)7/h15,24-26,28-36,43H,12-14,16-23H2,1-11H3/t25-,26-,28+,29+,30-,31+,32+,33-,34+,35-,36+,38+,39-/m1/s1. The van der Waals surface area contributed by atoms with E-state index in [1.54, 1.807) is 5.57 Å². The van der Waals surface area contributed by atoms with Gasteiger partial charge in [-0.25, -0.2) is 0 Å². The lowest BCUT2D eigenvalue weighted by Crippen LogP contribution is -2.61. The summed E-state index contributed by atoms with van der Waals surface area (Å²) in [7, 11) is -2.20. The third-order valence-electron chi connectivity index (χ3n) is 14.8. The fourth-order valence-corrected chi connectivity index (χ4v) is 12.3. The van der Waals surface area contributed by atoms with Crippen molar-refractivity contribution in [3.63, 3.8) is 0 Å². The number of ether oxygens (including phenoxy) is 2. The van der Waals surface area contributed by atoms with E-state index in [0.717, 1.165) is 54.8 Å². The van der Waals surface area contributed by atoms with Crippen LogP contribution in [0.4, 0.5) is 0 Å². The second kappa shape index (κ2) is 14.0. The fraction of sp³-hybridized carbons (Fsp3) is 0.949. The number of hydrogen-bond acceptors (Lipinski definition) is 5. The summed E-state index contributed by atoms with van der Waals surface area (Å²) in [6, 6.07) is -0.754. The van der Waals surface area contributed by atoms with Crippen LogP contribution in [-0.4, -0.2) is 50.2 Å². The van der Waals surface area contributed by atoms with Crippen molar-refractivity contribution in [2.75, 3.05) is 0 Å². The van der Waals surface area contributed by atoms with Crippen LogP contribution in [0.2, 0.25) is 18.1 Å². The van der Waals surface area contributed by atoms with Gasteiger partial charge in [-0.2, -0.15) is 0 Å². The third kappa shape index (κ3) is 7.17. The summed E-state index contributed by atoms with van der Waals surface area (Å²) in [5, 5.41) is 15.5. The molecule has 8 heteroatoms. The van der Waals surface area contributed by atoms with Crippen molar-refractivity contribution in [2.24, 2.45) is 51.5 Å². The van der Waals surface area contributed by atoms with E-state index in [1.165, 1.54) is 51.4 Å². The predicted octanol–water partition coefficient (Wildman–Crippen LogP) is 10.6. The van der Waals surface area contributed by atoms with E-state index in [2.05, 4.69) is 84.6 Å². The van der Waals surface area contributed by atoms with Gasteiger partial charge in [0.1, 0.15) is 6.10 Å². The average Bonchev–Trinajstić information content (AvgIpc) is 3.34. The van der Waals surface area contributed by atoms with Crippen LogP contribution in [0, 0.1) is 46.3 Å². The highest BCUT2D eigenvalue weighted by atomic mass is 28.4. The fourth-order valence-electron chi connectivity index (χ4n) is 10.9. The van der Waals surface area contributed by atoms with Gasteiger partial charge in [-0.15, -0.1) is 0 Å². The highest BCUT2D eigenvalue weighted by Crippen LogP contribution is 2.67. The van der Waals surface area contributed by atoms with Gasteiger partial charge < -0.3 is 19.0 Å².